The van der Waals surface area contributed by atoms with Crippen molar-refractivity contribution in [1.29, 1.82) is 0 Å². The van der Waals surface area contributed by atoms with Crippen LogP contribution in [0.1, 0.15) is 39.7 Å². The number of amides is 1. The van der Waals surface area contributed by atoms with E-state index < -0.39 is 11.6 Å². The molecule has 21 heavy (non-hydrogen) atoms. The summed E-state index contributed by atoms with van der Waals surface area (Å²) in [6, 6.07) is 7.50. The standard InChI is InChI=1S/C15H21NO4.Li.H/c1-15(2,3)20-16(11-17)10-13-6-4-12(5-7-13)8-9-14(18)19;;/h4-7,11H,8-10H2,1-3H3,(H,18,19);;/q;+1;-1. The van der Waals surface area contributed by atoms with Crippen molar-refractivity contribution in [2.24, 2.45) is 0 Å². The molecule has 1 amide bonds. The number of carbonyl (C=O) groups is 2. The van der Waals surface area contributed by atoms with Crippen LogP contribution in [0.2, 0.25) is 0 Å². The van der Waals surface area contributed by atoms with E-state index in [0.29, 0.717) is 19.4 Å². The molecule has 5 nitrogen and oxygen atoms in total. The number of carboxylic acids is 1. The molecule has 0 bridgehead atoms. The molecule has 0 saturated heterocycles. The third-order valence-corrected chi connectivity index (χ3v) is 2.50. The van der Waals surface area contributed by atoms with Gasteiger partial charge in [0.25, 0.3) is 0 Å². The van der Waals surface area contributed by atoms with Gasteiger partial charge in [0.15, 0.2) is 0 Å². The topological polar surface area (TPSA) is 66.8 Å². The van der Waals surface area contributed by atoms with Crippen molar-refractivity contribution >= 4 is 12.4 Å². The molecule has 1 rings (SSSR count). The molecule has 0 radical (unpaired) electrons. The van der Waals surface area contributed by atoms with Crippen LogP contribution in [0.25, 0.3) is 0 Å². The summed E-state index contributed by atoms with van der Waals surface area (Å²) in [5.74, 6) is -0.806. The van der Waals surface area contributed by atoms with Crippen LogP contribution < -0.4 is 18.9 Å². The number of carbonyl (C=O) groups excluding carboxylic acids is 1. The number of hydrogen-bond donors (Lipinski definition) is 1. The molecule has 0 fully saturated rings. The Morgan fingerprint density at radius 1 is 1.29 bits per heavy atom. The molecule has 0 aliphatic carbocycles. The molecule has 1 N–H and O–H groups in total. The minimum absolute atomic E-state index is 0. The van der Waals surface area contributed by atoms with E-state index in [4.69, 9.17) is 9.94 Å². The summed E-state index contributed by atoms with van der Waals surface area (Å²) < 4.78 is 0. The molecule has 0 spiro atoms. The van der Waals surface area contributed by atoms with Crippen molar-refractivity contribution in [2.75, 3.05) is 0 Å². The average molecular weight is 287 g/mol. The predicted molar refractivity (Wildman–Crippen MR) is 76.0 cm³/mol. The number of carboxylic acid groups (broad SMARTS) is 1. The van der Waals surface area contributed by atoms with Gasteiger partial charge in [-0.05, 0) is 38.3 Å². The van der Waals surface area contributed by atoms with E-state index >= 15 is 0 Å². The van der Waals surface area contributed by atoms with Gasteiger partial charge in [-0.25, -0.2) is 5.06 Å². The number of hydrogen-bond acceptors (Lipinski definition) is 3. The largest absolute Gasteiger partial charge is 1.00 e. The molecule has 112 valence electrons. The summed E-state index contributed by atoms with van der Waals surface area (Å²) in [5.41, 5.74) is 1.47. The third-order valence-electron chi connectivity index (χ3n) is 2.50. The van der Waals surface area contributed by atoms with Crippen LogP contribution in [-0.2, 0) is 27.4 Å². The van der Waals surface area contributed by atoms with E-state index in [1.165, 1.54) is 5.06 Å². The zero-order valence-corrected chi connectivity index (χ0v) is 13.1. The number of aliphatic carboxylic acids is 1. The van der Waals surface area contributed by atoms with Gasteiger partial charge in [-0.15, -0.1) is 0 Å². The molecule has 0 heterocycles. The van der Waals surface area contributed by atoms with Crippen LogP contribution in [-0.4, -0.2) is 28.2 Å². The molecule has 0 aromatic heterocycles. The molecule has 0 atom stereocenters. The van der Waals surface area contributed by atoms with E-state index in [-0.39, 0.29) is 26.7 Å². The molecule has 0 aliphatic rings. The monoisotopic (exact) mass is 287 g/mol. The fraction of sp³-hybridized carbons (Fsp3) is 0.467. The molecular formula is C15H22LiNO4. The van der Waals surface area contributed by atoms with Crippen LogP contribution in [0.5, 0.6) is 0 Å². The second-order valence-electron chi connectivity index (χ2n) is 5.59. The van der Waals surface area contributed by atoms with Gasteiger partial charge >= 0.3 is 24.8 Å². The van der Waals surface area contributed by atoms with Crippen molar-refractivity contribution in [3.8, 4) is 0 Å². The van der Waals surface area contributed by atoms with E-state index in [1.807, 2.05) is 45.0 Å². The molecule has 1 aromatic rings. The summed E-state index contributed by atoms with van der Waals surface area (Å²) >= 11 is 0. The van der Waals surface area contributed by atoms with Crippen molar-refractivity contribution in [3.63, 3.8) is 0 Å². The van der Waals surface area contributed by atoms with Crippen LogP contribution >= 0.6 is 0 Å². The number of rotatable bonds is 7. The van der Waals surface area contributed by atoms with Gasteiger partial charge in [-0.1, -0.05) is 24.3 Å². The number of nitrogens with zero attached hydrogens (tertiary/aromatic N) is 1. The van der Waals surface area contributed by atoms with E-state index in [2.05, 4.69) is 0 Å². The van der Waals surface area contributed by atoms with Gasteiger partial charge in [-0.3, -0.25) is 14.4 Å². The Balaban J connectivity index is 0. The Morgan fingerprint density at radius 2 is 1.81 bits per heavy atom. The van der Waals surface area contributed by atoms with Crippen molar-refractivity contribution in [1.82, 2.24) is 5.06 Å². The second kappa shape index (κ2) is 8.88. The van der Waals surface area contributed by atoms with Gasteiger partial charge in [0.1, 0.15) is 0 Å². The first kappa shape index (κ1) is 19.7. The fourth-order valence-corrected chi connectivity index (χ4v) is 1.69. The molecule has 1 aromatic carbocycles. The Bertz CT molecular complexity index is 460. The maximum atomic E-state index is 11.0. The number of benzene rings is 1. The first-order chi connectivity index (χ1) is 9.30. The predicted octanol–water partition coefficient (Wildman–Crippen LogP) is -0.491. The maximum absolute atomic E-state index is 11.0. The van der Waals surface area contributed by atoms with Crippen LogP contribution in [0.4, 0.5) is 0 Å². The Hall–Kier alpha value is -1.28. The van der Waals surface area contributed by atoms with E-state index in [0.717, 1.165) is 11.1 Å². The SMILES string of the molecule is CC(C)(C)ON(C=O)Cc1ccc(CCC(=O)O)cc1.[H-].[Li+]. The average Bonchev–Trinajstić information content (AvgIpc) is 2.35. The van der Waals surface area contributed by atoms with Crippen molar-refractivity contribution in [2.45, 2.75) is 45.8 Å². The first-order valence-electron chi connectivity index (χ1n) is 6.51. The van der Waals surface area contributed by atoms with Gasteiger partial charge in [0.05, 0.1) is 12.1 Å². The maximum Gasteiger partial charge on any atom is 1.00 e. The quantitative estimate of drug-likeness (QED) is 0.417. The summed E-state index contributed by atoms with van der Waals surface area (Å²) in [6.07, 6.45) is 1.28. The normalized spacial score (nSPS) is 10.6. The summed E-state index contributed by atoms with van der Waals surface area (Å²) in [6.45, 7) is 5.98. The van der Waals surface area contributed by atoms with Gasteiger partial charge in [0.2, 0.25) is 6.41 Å². The number of aryl methyl sites for hydroxylation is 1. The summed E-state index contributed by atoms with van der Waals surface area (Å²) in [7, 11) is 0. The minimum atomic E-state index is -0.806. The Morgan fingerprint density at radius 3 is 2.24 bits per heavy atom. The molecule has 0 aliphatic heterocycles. The Labute approximate surface area is 138 Å². The van der Waals surface area contributed by atoms with E-state index in [9.17, 15) is 9.59 Å². The zero-order chi connectivity index (χ0) is 15.2. The van der Waals surface area contributed by atoms with Crippen molar-refractivity contribution in [3.05, 3.63) is 35.4 Å². The Kier molecular flexibility index (Phi) is 8.34. The second-order valence-corrected chi connectivity index (χ2v) is 5.59. The first-order valence-corrected chi connectivity index (χ1v) is 6.51. The molecule has 0 unspecified atom stereocenters. The minimum Gasteiger partial charge on any atom is -1.00 e. The van der Waals surface area contributed by atoms with E-state index in [1.54, 1.807) is 0 Å². The molecular weight excluding hydrogens is 265 g/mol. The number of hydroxylamine groups is 2. The van der Waals surface area contributed by atoms with Crippen LogP contribution in [0, 0.1) is 0 Å². The fourth-order valence-electron chi connectivity index (χ4n) is 1.69. The zero-order valence-electron chi connectivity index (χ0n) is 14.1. The summed E-state index contributed by atoms with van der Waals surface area (Å²) in [5, 5.41) is 9.88. The van der Waals surface area contributed by atoms with Gasteiger partial charge < -0.3 is 6.53 Å². The smallest absolute Gasteiger partial charge is 1.00 e. The summed E-state index contributed by atoms with van der Waals surface area (Å²) in [4.78, 5) is 26.9. The van der Waals surface area contributed by atoms with Gasteiger partial charge in [0, 0.05) is 6.42 Å². The molecule has 6 heteroatoms. The third kappa shape index (κ3) is 8.56. The van der Waals surface area contributed by atoms with Crippen LogP contribution in [0.15, 0.2) is 24.3 Å². The molecule has 0 saturated carbocycles. The van der Waals surface area contributed by atoms with Crippen molar-refractivity contribution < 1.29 is 39.8 Å². The van der Waals surface area contributed by atoms with Gasteiger partial charge in [-0.2, -0.15) is 0 Å². The van der Waals surface area contributed by atoms with Crippen LogP contribution in [0.3, 0.4) is 0 Å².